The predicted octanol–water partition coefficient (Wildman–Crippen LogP) is 2.89. The summed E-state index contributed by atoms with van der Waals surface area (Å²) in [6.45, 7) is 5.42. The first-order valence-corrected chi connectivity index (χ1v) is 6.79. The van der Waals surface area contributed by atoms with E-state index in [-0.39, 0.29) is 0 Å². The van der Waals surface area contributed by atoms with Gasteiger partial charge in [0.25, 0.3) is 0 Å². The van der Waals surface area contributed by atoms with Crippen LogP contribution in [0.5, 0.6) is 11.5 Å². The first kappa shape index (κ1) is 12.8. The third-order valence-corrected chi connectivity index (χ3v) is 3.24. The number of rotatable bonds is 3. The molecule has 0 spiro atoms. The average Bonchev–Trinajstić information content (AvgIpc) is 2.79. The summed E-state index contributed by atoms with van der Waals surface area (Å²) < 4.78 is 16.5. The van der Waals surface area contributed by atoms with E-state index in [0.29, 0.717) is 30.7 Å². The van der Waals surface area contributed by atoms with Crippen LogP contribution in [0.3, 0.4) is 0 Å². The Balaban J connectivity index is 2.00. The highest BCUT2D eigenvalue weighted by atomic mass is 16.6. The maximum Gasteiger partial charge on any atom is 0.172 e. The topological polar surface area (TPSA) is 70.5 Å². The summed E-state index contributed by atoms with van der Waals surface area (Å²) >= 11 is 0. The molecule has 1 aliphatic rings. The van der Waals surface area contributed by atoms with Gasteiger partial charge in [-0.15, -0.1) is 0 Å². The van der Waals surface area contributed by atoms with Crippen LogP contribution >= 0.6 is 0 Å². The Morgan fingerprint density at radius 1 is 1.20 bits per heavy atom. The Kier molecular flexibility index (Phi) is 3.26. The van der Waals surface area contributed by atoms with Gasteiger partial charge in [0.2, 0.25) is 0 Å². The zero-order valence-electron chi connectivity index (χ0n) is 11.7. The van der Waals surface area contributed by atoms with E-state index < -0.39 is 0 Å². The summed E-state index contributed by atoms with van der Waals surface area (Å²) in [6.07, 6.45) is 0.832. The van der Waals surface area contributed by atoms with Gasteiger partial charge in [-0.25, -0.2) is 0 Å². The zero-order valence-corrected chi connectivity index (χ0v) is 11.7. The van der Waals surface area contributed by atoms with Crippen molar-refractivity contribution >= 4 is 5.82 Å². The van der Waals surface area contributed by atoms with E-state index >= 15 is 0 Å². The number of hydrogen-bond acceptors (Lipinski definition) is 5. The smallest absolute Gasteiger partial charge is 0.172 e. The molecule has 20 heavy (non-hydrogen) atoms. The lowest BCUT2D eigenvalue weighted by molar-refractivity contribution is 0.171. The van der Waals surface area contributed by atoms with Gasteiger partial charge in [0.05, 0.1) is 0 Å². The monoisotopic (exact) mass is 274 g/mol. The van der Waals surface area contributed by atoms with E-state index in [9.17, 15) is 0 Å². The quantitative estimate of drug-likeness (QED) is 0.931. The summed E-state index contributed by atoms with van der Waals surface area (Å²) in [5, 5.41) is 3.89. The highest BCUT2D eigenvalue weighted by molar-refractivity contribution is 5.69. The van der Waals surface area contributed by atoms with Crippen molar-refractivity contribution in [1.29, 1.82) is 0 Å². The summed E-state index contributed by atoms with van der Waals surface area (Å²) in [7, 11) is 0. The molecule has 1 aromatic heterocycles. The van der Waals surface area contributed by atoms with Gasteiger partial charge in [0.1, 0.15) is 13.2 Å². The van der Waals surface area contributed by atoms with Crippen molar-refractivity contribution in [1.82, 2.24) is 5.16 Å². The molecule has 1 aromatic carbocycles. The highest BCUT2D eigenvalue weighted by Gasteiger charge is 2.19. The van der Waals surface area contributed by atoms with E-state index in [1.54, 1.807) is 0 Å². The first-order chi connectivity index (χ1) is 9.65. The Bertz CT molecular complexity index is 620. The van der Waals surface area contributed by atoms with Crippen molar-refractivity contribution in [3.63, 3.8) is 0 Å². The Hall–Kier alpha value is -2.17. The van der Waals surface area contributed by atoms with Gasteiger partial charge in [0, 0.05) is 11.1 Å². The predicted molar refractivity (Wildman–Crippen MR) is 75.9 cm³/mol. The SMILES string of the molecule is CC(C)Cc1c(N)noc1-c1ccc2c(c1)OCCO2. The molecule has 0 bridgehead atoms. The maximum atomic E-state index is 5.90. The molecule has 0 saturated heterocycles. The Morgan fingerprint density at radius 3 is 2.70 bits per heavy atom. The molecule has 0 atom stereocenters. The second-order valence-corrected chi connectivity index (χ2v) is 5.33. The molecule has 3 rings (SSSR count). The van der Waals surface area contributed by atoms with Crippen molar-refractivity contribution in [3.05, 3.63) is 23.8 Å². The first-order valence-electron chi connectivity index (χ1n) is 6.79. The Morgan fingerprint density at radius 2 is 1.95 bits per heavy atom. The molecule has 2 aromatic rings. The summed E-state index contributed by atoms with van der Waals surface area (Å²) in [5.74, 6) is 3.15. The molecule has 0 aliphatic carbocycles. The molecule has 106 valence electrons. The van der Waals surface area contributed by atoms with Crippen LogP contribution in [0.15, 0.2) is 22.7 Å². The van der Waals surface area contributed by atoms with E-state index in [0.717, 1.165) is 29.0 Å². The van der Waals surface area contributed by atoms with Crippen molar-refractivity contribution in [3.8, 4) is 22.8 Å². The van der Waals surface area contributed by atoms with Gasteiger partial charge in [0.15, 0.2) is 23.1 Å². The van der Waals surface area contributed by atoms with E-state index in [1.807, 2.05) is 18.2 Å². The minimum Gasteiger partial charge on any atom is -0.486 e. The number of benzene rings is 1. The van der Waals surface area contributed by atoms with Crippen LogP contribution in [0.2, 0.25) is 0 Å². The lowest BCUT2D eigenvalue weighted by Crippen LogP contribution is -2.15. The molecule has 0 fully saturated rings. The number of hydrogen-bond donors (Lipinski definition) is 1. The number of nitrogen functional groups attached to an aromatic ring is 1. The van der Waals surface area contributed by atoms with Crippen molar-refractivity contribution < 1.29 is 14.0 Å². The standard InChI is InChI=1S/C15H18N2O3/c1-9(2)7-11-14(20-17-15(11)16)10-3-4-12-13(8-10)19-6-5-18-12/h3-4,8-9H,5-7H2,1-2H3,(H2,16,17). The van der Waals surface area contributed by atoms with Crippen LogP contribution in [0.25, 0.3) is 11.3 Å². The summed E-state index contributed by atoms with van der Waals surface area (Å²) in [5.41, 5.74) is 7.77. The molecule has 0 amide bonds. The van der Waals surface area contributed by atoms with Gasteiger partial charge in [-0.1, -0.05) is 19.0 Å². The fourth-order valence-electron chi connectivity index (χ4n) is 2.34. The lowest BCUT2D eigenvalue weighted by atomic mass is 9.99. The molecule has 5 heteroatoms. The van der Waals surface area contributed by atoms with Crippen LogP contribution in [-0.4, -0.2) is 18.4 Å². The molecule has 5 nitrogen and oxygen atoms in total. The largest absolute Gasteiger partial charge is 0.486 e. The fourth-order valence-corrected chi connectivity index (χ4v) is 2.34. The minimum atomic E-state index is 0.462. The number of anilines is 1. The number of fused-ring (bicyclic) bond motifs is 1. The molecular formula is C15H18N2O3. The third-order valence-electron chi connectivity index (χ3n) is 3.24. The van der Waals surface area contributed by atoms with Crippen LogP contribution in [0, 0.1) is 5.92 Å². The van der Waals surface area contributed by atoms with Crippen LogP contribution < -0.4 is 15.2 Å². The normalized spacial score (nSPS) is 13.8. The Labute approximate surface area is 117 Å². The lowest BCUT2D eigenvalue weighted by Gasteiger charge is -2.18. The zero-order chi connectivity index (χ0) is 14.1. The van der Waals surface area contributed by atoms with E-state index in [1.165, 1.54) is 0 Å². The van der Waals surface area contributed by atoms with Gasteiger partial charge in [-0.2, -0.15) is 0 Å². The third kappa shape index (κ3) is 2.31. The summed E-state index contributed by atoms with van der Waals surface area (Å²) in [6, 6.07) is 5.75. The van der Waals surface area contributed by atoms with Crippen LogP contribution in [0.4, 0.5) is 5.82 Å². The molecular weight excluding hydrogens is 256 g/mol. The van der Waals surface area contributed by atoms with Gasteiger partial charge in [-0.3, -0.25) is 0 Å². The fraction of sp³-hybridized carbons (Fsp3) is 0.400. The second kappa shape index (κ2) is 5.07. The van der Waals surface area contributed by atoms with Crippen LogP contribution in [-0.2, 0) is 6.42 Å². The second-order valence-electron chi connectivity index (χ2n) is 5.33. The van der Waals surface area contributed by atoms with Crippen molar-refractivity contribution in [2.45, 2.75) is 20.3 Å². The van der Waals surface area contributed by atoms with Crippen LogP contribution in [0.1, 0.15) is 19.4 Å². The molecule has 0 radical (unpaired) electrons. The maximum absolute atomic E-state index is 5.90. The highest BCUT2D eigenvalue weighted by Crippen LogP contribution is 2.37. The van der Waals surface area contributed by atoms with Gasteiger partial charge < -0.3 is 19.7 Å². The van der Waals surface area contributed by atoms with Gasteiger partial charge >= 0.3 is 0 Å². The summed E-state index contributed by atoms with van der Waals surface area (Å²) in [4.78, 5) is 0. The minimum absolute atomic E-state index is 0.462. The number of nitrogens with two attached hydrogens (primary N) is 1. The van der Waals surface area contributed by atoms with Crippen molar-refractivity contribution in [2.24, 2.45) is 5.92 Å². The molecule has 0 unspecified atom stereocenters. The molecule has 0 saturated carbocycles. The number of aromatic nitrogens is 1. The van der Waals surface area contributed by atoms with E-state index in [2.05, 4.69) is 19.0 Å². The average molecular weight is 274 g/mol. The number of nitrogens with zero attached hydrogens (tertiary/aromatic N) is 1. The van der Waals surface area contributed by atoms with E-state index in [4.69, 9.17) is 19.7 Å². The molecule has 1 aliphatic heterocycles. The van der Waals surface area contributed by atoms with Crippen molar-refractivity contribution in [2.75, 3.05) is 18.9 Å². The molecule has 2 heterocycles. The molecule has 2 N–H and O–H groups in total. The number of ether oxygens (including phenoxy) is 2. The van der Waals surface area contributed by atoms with Gasteiger partial charge in [-0.05, 0) is 30.5 Å².